The van der Waals surface area contributed by atoms with Crippen LogP contribution in [0, 0.1) is 25.2 Å². The predicted octanol–water partition coefficient (Wildman–Crippen LogP) is 1.52. The lowest BCUT2D eigenvalue weighted by molar-refractivity contribution is 0.0942. The Kier molecular flexibility index (Phi) is 4.58. The topological polar surface area (TPSA) is 78.7 Å². The Morgan fingerprint density at radius 3 is 2.82 bits per heavy atom. The molecule has 0 bridgehead atoms. The largest absolute Gasteiger partial charge is 0.336 e. The van der Waals surface area contributed by atoms with Crippen LogP contribution >= 0.6 is 0 Å². The lowest BCUT2D eigenvalue weighted by atomic mass is 10.1. The molecule has 0 spiro atoms. The minimum atomic E-state index is -0.444. The average molecular weight is 232 g/mol. The van der Waals surface area contributed by atoms with Gasteiger partial charge in [0.2, 0.25) is 0 Å². The summed E-state index contributed by atoms with van der Waals surface area (Å²) >= 11 is 0. The second-order valence-corrected chi connectivity index (χ2v) is 3.93. The van der Waals surface area contributed by atoms with Crippen LogP contribution in [0.15, 0.2) is 6.07 Å². The highest BCUT2D eigenvalue weighted by Gasteiger charge is 2.15. The van der Waals surface area contributed by atoms with E-state index < -0.39 is 6.04 Å². The monoisotopic (exact) mass is 232 g/mol. The summed E-state index contributed by atoms with van der Waals surface area (Å²) in [5.74, 6) is -0.263. The molecule has 0 radical (unpaired) electrons. The first-order chi connectivity index (χ1) is 8.08. The van der Waals surface area contributed by atoms with Gasteiger partial charge in [-0.3, -0.25) is 4.79 Å². The van der Waals surface area contributed by atoms with Crippen molar-refractivity contribution < 1.29 is 4.79 Å². The van der Waals surface area contributed by atoms with Crippen LogP contribution in [-0.4, -0.2) is 22.1 Å². The summed E-state index contributed by atoms with van der Waals surface area (Å²) in [7, 11) is 0. The van der Waals surface area contributed by atoms with Gasteiger partial charge in [0.15, 0.2) is 0 Å². The van der Waals surface area contributed by atoms with Gasteiger partial charge in [-0.15, -0.1) is 0 Å². The predicted molar refractivity (Wildman–Crippen MR) is 63.3 cm³/mol. The van der Waals surface area contributed by atoms with Crippen LogP contribution in [0.3, 0.4) is 0 Å². The Morgan fingerprint density at radius 1 is 1.53 bits per heavy atom. The van der Waals surface area contributed by atoms with E-state index in [4.69, 9.17) is 5.26 Å². The van der Waals surface area contributed by atoms with E-state index in [0.29, 0.717) is 23.4 Å². The van der Waals surface area contributed by atoms with Crippen LogP contribution in [0.4, 0.5) is 0 Å². The lowest BCUT2D eigenvalue weighted by Gasteiger charge is -2.11. The fourth-order valence-electron chi connectivity index (χ4n) is 1.47. The summed E-state index contributed by atoms with van der Waals surface area (Å²) in [4.78, 5) is 11.9. The number of carbonyl (C=O) groups excluding carboxylic acids is 1. The third kappa shape index (κ3) is 3.52. The summed E-state index contributed by atoms with van der Waals surface area (Å²) in [5.41, 5.74) is 1.74. The second kappa shape index (κ2) is 5.94. The van der Waals surface area contributed by atoms with Gasteiger partial charge in [-0.05, 0) is 26.3 Å². The van der Waals surface area contributed by atoms with Gasteiger partial charge < -0.3 is 5.32 Å². The fraction of sp³-hybridized carbons (Fsp3) is 0.500. The molecule has 1 rings (SSSR count). The molecule has 5 nitrogen and oxygen atoms in total. The zero-order chi connectivity index (χ0) is 12.8. The van der Waals surface area contributed by atoms with Crippen molar-refractivity contribution in [3.05, 3.63) is 23.0 Å². The normalized spacial score (nSPS) is 11.6. The van der Waals surface area contributed by atoms with E-state index in [0.717, 1.165) is 6.42 Å². The molecule has 5 heteroatoms. The summed E-state index contributed by atoms with van der Waals surface area (Å²) in [6.07, 6.45) is 1.50. The highest BCUT2D eigenvalue weighted by atomic mass is 16.1. The van der Waals surface area contributed by atoms with E-state index in [9.17, 15) is 4.79 Å². The fourth-order valence-corrected chi connectivity index (χ4v) is 1.47. The Bertz CT molecular complexity index is 450. The molecule has 0 aliphatic rings. The number of carbonyl (C=O) groups is 1. The van der Waals surface area contributed by atoms with Gasteiger partial charge in [-0.2, -0.15) is 15.5 Å². The number of hydrogen-bond donors (Lipinski definition) is 1. The Morgan fingerprint density at radius 2 is 2.24 bits per heavy atom. The smallest absolute Gasteiger partial charge is 0.254 e. The van der Waals surface area contributed by atoms with Gasteiger partial charge in [0, 0.05) is 0 Å². The molecule has 0 aliphatic carbocycles. The highest BCUT2D eigenvalue weighted by Crippen LogP contribution is 2.06. The van der Waals surface area contributed by atoms with Crippen molar-refractivity contribution in [2.45, 2.75) is 39.7 Å². The number of nitriles is 1. The maximum absolute atomic E-state index is 11.9. The number of aryl methyl sites for hydroxylation is 2. The van der Waals surface area contributed by atoms with Crippen LogP contribution in [0.25, 0.3) is 0 Å². The first-order valence-electron chi connectivity index (χ1n) is 5.60. The van der Waals surface area contributed by atoms with Crippen molar-refractivity contribution in [2.75, 3.05) is 0 Å². The van der Waals surface area contributed by atoms with Crippen molar-refractivity contribution in [1.82, 2.24) is 15.5 Å². The van der Waals surface area contributed by atoms with Gasteiger partial charge in [0.25, 0.3) is 5.91 Å². The molecule has 1 unspecified atom stereocenters. The van der Waals surface area contributed by atoms with Crippen molar-refractivity contribution in [3.8, 4) is 6.07 Å². The molecule has 17 heavy (non-hydrogen) atoms. The standard InChI is InChI=1S/C12H16N4O/c1-4-5-10(7-13)14-12(17)11-6-8(2)15-16-9(11)3/h6,10H,4-5H2,1-3H3,(H,14,17). The first kappa shape index (κ1) is 13.1. The number of hydrogen-bond acceptors (Lipinski definition) is 4. The zero-order valence-corrected chi connectivity index (χ0v) is 10.3. The van der Waals surface area contributed by atoms with Gasteiger partial charge in [-0.1, -0.05) is 13.3 Å². The van der Waals surface area contributed by atoms with Gasteiger partial charge >= 0.3 is 0 Å². The Labute approximate surface area is 101 Å². The maximum Gasteiger partial charge on any atom is 0.254 e. The lowest BCUT2D eigenvalue weighted by Crippen LogP contribution is -2.34. The number of nitrogens with zero attached hydrogens (tertiary/aromatic N) is 3. The average Bonchev–Trinajstić information content (AvgIpc) is 2.31. The molecule has 0 aliphatic heterocycles. The van der Waals surface area contributed by atoms with Crippen LogP contribution in [0.5, 0.6) is 0 Å². The van der Waals surface area contributed by atoms with E-state index >= 15 is 0 Å². The molecule has 1 amide bonds. The molecule has 0 aromatic carbocycles. The van der Waals surface area contributed by atoms with E-state index in [1.54, 1.807) is 19.9 Å². The van der Waals surface area contributed by atoms with E-state index in [-0.39, 0.29) is 5.91 Å². The number of amides is 1. The molecular weight excluding hydrogens is 216 g/mol. The SMILES string of the molecule is CCCC(C#N)NC(=O)c1cc(C)nnc1C. The molecule has 0 saturated heterocycles. The van der Waals surface area contributed by atoms with E-state index in [1.807, 2.05) is 6.92 Å². The molecule has 1 atom stereocenters. The van der Waals surface area contributed by atoms with E-state index in [2.05, 4.69) is 21.6 Å². The minimum absolute atomic E-state index is 0.263. The summed E-state index contributed by atoms with van der Waals surface area (Å²) in [6.45, 7) is 5.47. The van der Waals surface area contributed by atoms with Crippen LogP contribution in [-0.2, 0) is 0 Å². The minimum Gasteiger partial charge on any atom is -0.336 e. The molecule has 1 heterocycles. The van der Waals surface area contributed by atoms with Crippen LogP contribution < -0.4 is 5.32 Å². The van der Waals surface area contributed by atoms with Crippen molar-refractivity contribution in [3.63, 3.8) is 0 Å². The van der Waals surface area contributed by atoms with Gasteiger partial charge in [-0.25, -0.2) is 0 Å². The number of aromatic nitrogens is 2. The van der Waals surface area contributed by atoms with Crippen molar-refractivity contribution >= 4 is 5.91 Å². The van der Waals surface area contributed by atoms with Crippen molar-refractivity contribution in [1.29, 1.82) is 5.26 Å². The molecular formula is C12H16N4O. The third-order valence-electron chi connectivity index (χ3n) is 2.38. The molecule has 1 aromatic rings. The third-order valence-corrected chi connectivity index (χ3v) is 2.38. The zero-order valence-electron chi connectivity index (χ0n) is 10.3. The van der Waals surface area contributed by atoms with Gasteiger partial charge in [0.05, 0.1) is 23.0 Å². The summed E-state index contributed by atoms with van der Waals surface area (Å²) in [5, 5.41) is 19.3. The summed E-state index contributed by atoms with van der Waals surface area (Å²) < 4.78 is 0. The Balaban J connectivity index is 2.83. The Hall–Kier alpha value is -1.96. The van der Waals surface area contributed by atoms with Crippen LogP contribution in [0.2, 0.25) is 0 Å². The molecule has 90 valence electrons. The molecule has 0 saturated carbocycles. The maximum atomic E-state index is 11.9. The second-order valence-electron chi connectivity index (χ2n) is 3.93. The highest BCUT2D eigenvalue weighted by molar-refractivity contribution is 5.95. The van der Waals surface area contributed by atoms with E-state index in [1.165, 1.54) is 0 Å². The number of nitrogens with one attached hydrogen (secondary N) is 1. The number of rotatable bonds is 4. The molecule has 1 N–H and O–H groups in total. The molecule has 1 aromatic heterocycles. The quantitative estimate of drug-likeness (QED) is 0.853. The summed E-state index contributed by atoms with van der Waals surface area (Å²) in [6, 6.07) is 3.30. The van der Waals surface area contributed by atoms with Crippen molar-refractivity contribution in [2.24, 2.45) is 0 Å². The van der Waals surface area contributed by atoms with Crippen LogP contribution in [0.1, 0.15) is 41.5 Å². The van der Waals surface area contributed by atoms with Gasteiger partial charge in [0.1, 0.15) is 6.04 Å². The first-order valence-corrected chi connectivity index (χ1v) is 5.60. The molecule has 0 fully saturated rings.